The maximum Gasteiger partial charge on any atom is 0.226 e. The predicted molar refractivity (Wildman–Crippen MR) is 98.3 cm³/mol. The van der Waals surface area contributed by atoms with Crippen LogP contribution in [0, 0.1) is 5.92 Å². The molecule has 24 heavy (non-hydrogen) atoms. The molecule has 0 aromatic heterocycles. The Balaban J connectivity index is 1.83. The molecule has 0 aliphatic rings. The van der Waals surface area contributed by atoms with Gasteiger partial charge in [0.1, 0.15) is 0 Å². The van der Waals surface area contributed by atoms with E-state index in [2.05, 4.69) is 10.6 Å². The maximum atomic E-state index is 12.0. The van der Waals surface area contributed by atoms with E-state index in [1.54, 1.807) is 24.3 Å². The van der Waals surface area contributed by atoms with Crippen LogP contribution < -0.4 is 10.6 Å². The van der Waals surface area contributed by atoms with Gasteiger partial charge in [0.25, 0.3) is 0 Å². The first kappa shape index (κ1) is 18.0. The SMILES string of the molecule is CC(C)C(=O)Nc1ccc(NC(=O)CCc2ccc(Cl)cc2)cc1. The lowest BCUT2D eigenvalue weighted by atomic mass is 10.1. The van der Waals surface area contributed by atoms with E-state index in [0.29, 0.717) is 29.2 Å². The van der Waals surface area contributed by atoms with Crippen molar-refractivity contribution in [1.29, 1.82) is 0 Å². The Hall–Kier alpha value is -2.33. The molecule has 5 heteroatoms. The lowest BCUT2D eigenvalue weighted by Crippen LogP contribution is -2.17. The summed E-state index contributed by atoms with van der Waals surface area (Å²) in [6.07, 6.45) is 1.05. The zero-order valence-corrected chi connectivity index (χ0v) is 14.6. The molecule has 0 saturated heterocycles. The number of nitrogens with one attached hydrogen (secondary N) is 2. The van der Waals surface area contributed by atoms with Crippen molar-refractivity contribution in [3.8, 4) is 0 Å². The van der Waals surface area contributed by atoms with Crippen LogP contribution in [0.1, 0.15) is 25.8 Å². The van der Waals surface area contributed by atoms with Gasteiger partial charge in [-0.05, 0) is 48.4 Å². The molecule has 0 bridgehead atoms. The quantitative estimate of drug-likeness (QED) is 0.810. The van der Waals surface area contributed by atoms with Gasteiger partial charge in [-0.3, -0.25) is 9.59 Å². The molecule has 0 radical (unpaired) electrons. The van der Waals surface area contributed by atoms with Gasteiger partial charge in [0.15, 0.2) is 0 Å². The third-order valence-corrected chi connectivity index (χ3v) is 3.77. The van der Waals surface area contributed by atoms with E-state index >= 15 is 0 Å². The number of benzene rings is 2. The van der Waals surface area contributed by atoms with E-state index in [1.165, 1.54) is 0 Å². The Bertz CT molecular complexity index is 694. The van der Waals surface area contributed by atoms with E-state index in [4.69, 9.17) is 11.6 Å². The second-order valence-corrected chi connectivity index (χ2v) is 6.33. The molecule has 0 heterocycles. The summed E-state index contributed by atoms with van der Waals surface area (Å²) in [7, 11) is 0. The van der Waals surface area contributed by atoms with Crippen molar-refractivity contribution in [2.45, 2.75) is 26.7 Å². The number of hydrogen-bond acceptors (Lipinski definition) is 2. The first-order valence-corrected chi connectivity index (χ1v) is 8.27. The Morgan fingerprint density at radius 3 is 2.00 bits per heavy atom. The summed E-state index contributed by atoms with van der Waals surface area (Å²) in [4.78, 5) is 23.6. The summed E-state index contributed by atoms with van der Waals surface area (Å²) >= 11 is 5.84. The molecule has 0 fully saturated rings. The fourth-order valence-electron chi connectivity index (χ4n) is 2.06. The lowest BCUT2D eigenvalue weighted by Gasteiger charge is -2.09. The van der Waals surface area contributed by atoms with Crippen LogP contribution in [0.15, 0.2) is 48.5 Å². The van der Waals surface area contributed by atoms with Crippen molar-refractivity contribution in [1.82, 2.24) is 0 Å². The van der Waals surface area contributed by atoms with Gasteiger partial charge in [-0.15, -0.1) is 0 Å². The summed E-state index contributed by atoms with van der Waals surface area (Å²) in [5.41, 5.74) is 2.49. The average Bonchev–Trinajstić information content (AvgIpc) is 2.56. The van der Waals surface area contributed by atoms with Crippen molar-refractivity contribution in [2.75, 3.05) is 10.6 Å². The zero-order chi connectivity index (χ0) is 17.5. The van der Waals surface area contributed by atoms with Crippen LogP contribution in [0.3, 0.4) is 0 Å². The highest BCUT2D eigenvalue weighted by Crippen LogP contribution is 2.15. The molecule has 2 amide bonds. The number of carbonyl (C=O) groups is 2. The Morgan fingerprint density at radius 1 is 0.917 bits per heavy atom. The van der Waals surface area contributed by atoms with Gasteiger partial charge in [0.2, 0.25) is 11.8 Å². The Labute approximate surface area is 147 Å². The molecule has 0 aliphatic heterocycles. The summed E-state index contributed by atoms with van der Waals surface area (Å²) in [6, 6.07) is 14.6. The highest BCUT2D eigenvalue weighted by Gasteiger charge is 2.07. The van der Waals surface area contributed by atoms with Gasteiger partial charge in [-0.1, -0.05) is 37.6 Å². The third kappa shape index (κ3) is 5.70. The fourth-order valence-corrected chi connectivity index (χ4v) is 2.18. The van der Waals surface area contributed by atoms with Crippen molar-refractivity contribution in [2.24, 2.45) is 5.92 Å². The van der Waals surface area contributed by atoms with Crippen LogP contribution in [-0.2, 0) is 16.0 Å². The number of hydrogen-bond donors (Lipinski definition) is 2. The minimum atomic E-state index is -0.0720. The molecule has 4 nitrogen and oxygen atoms in total. The van der Waals surface area contributed by atoms with E-state index in [9.17, 15) is 9.59 Å². The van der Waals surface area contributed by atoms with Crippen LogP contribution in [0.2, 0.25) is 5.02 Å². The molecule has 2 aromatic rings. The number of amides is 2. The minimum Gasteiger partial charge on any atom is -0.326 e. The van der Waals surface area contributed by atoms with E-state index in [0.717, 1.165) is 5.56 Å². The Kier molecular flexibility index (Phi) is 6.38. The summed E-state index contributed by atoms with van der Waals surface area (Å²) in [5, 5.41) is 6.35. The van der Waals surface area contributed by atoms with Crippen LogP contribution in [0.25, 0.3) is 0 Å². The van der Waals surface area contributed by atoms with Gasteiger partial charge in [-0.2, -0.15) is 0 Å². The Morgan fingerprint density at radius 2 is 1.46 bits per heavy atom. The van der Waals surface area contributed by atoms with Crippen LogP contribution in [0.4, 0.5) is 11.4 Å². The van der Waals surface area contributed by atoms with Crippen LogP contribution >= 0.6 is 11.6 Å². The second-order valence-electron chi connectivity index (χ2n) is 5.90. The van der Waals surface area contributed by atoms with Crippen molar-refractivity contribution < 1.29 is 9.59 Å². The number of anilines is 2. The van der Waals surface area contributed by atoms with Crippen molar-refractivity contribution in [3.05, 3.63) is 59.1 Å². The molecule has 0 aliphatic carbocycles. The third-order valence-electron chi connectivity index (χ3n) is 3.51. The predicted octanol–water partition coefficient (Wildman–Crippen LogP) is 4.51. The van der Waals surface area contributed by atoms with E-state index in [-0.39, 0.29) is 17.7 Å². The highest BCUT2D eigenvalue weighted by molar-refractivity contribution is 6.30. The normalized spacial score (nSPS) is 10.5. The van der Waals surface area contributed by atoms with Crippen molar-refractivity contribution in [3.63, 3.8) is 0 Å². The first-order valence-electron chi connectivity index (χ1n) is 7.89. The number of aryl methyl sites for hydroxylation is 1. The van der Waals surface area contributed by atoms with Gasteiger partial charge in [0.05, 0.1) is 0 Å². The maximum absolute atomic E-state index is 12.0. The molecule has 0 atom stereocenters. The van der Waals surface area contributed by atoms with Gasteiger partial charge >= 0.3 is 0 Å². The fraction of sp³-hybridized carbons (Fsp3) is 0.263. The molecule has 2 N–H and O–H groups in total. The number of rotatable bonds is 6. The van der Waals surface area contributed by atoms with Crippen LogP contribution in [0.5, 0.6) is 0 Å². The molecule has 0 unspecified atom stereocenters. The monoisotopic (exact) mass is 344 g/mol. The van der Waals surface area contributed by atoms with Gasteiger partial charge < -0.3 is 10.6 Å². The van der Waals surface area contributed by atoms with Crippen molar-refractivity contribution >= 4 is 34.8 Å². The highest BCUT2D eigenvalue weighted by atomic mass is 35.5. The molecule has 126 valence electrons. The average molecular weight is 345 g/mol. The summed E-state index contributed by atoms with van der Waals surface area (Å²) in [5.74, 6) is -0.157. The molecule has 0 saturated carbocycles. The first-order chi connectivity index (χ1) is 11.4. The molecule has 0 spiro atoms. The largest absolute Gasteiger partial charge is 0.326 e. The summed E-state index contributed by atoms with van der Waals surface area (Å²) in [6.45, 7) is 3.68. The van der Waals surface area contributed by atoms with Gasteiger partial charge in [-0.25, -0.2) is 0 Å². The standard InChI is InChI=1S/C19H21ClN2O2/c1-13(2)19(24)22-17-10-8-16(9-11-17)21-18(23)12-5-14-3-6-15(20)7-4-14/h3-4,6-11,13H,5,12H2,1-2H3,(H,21,23)(H,22,24). The van der Waals surface area contributed by atoms with Gasteiger partial charge in [0, 0.05) is 28.7 Å². The number of carbonyl (C=O) groups excluding carboxylic acids is 2. The minimum absolute atomic E-state index is 0.0326. The lowest BCUT2D eigenvalue weighted by molar-refractivity contribution is -0.119. The van der Waals surface area contributed by atoms with E-state index in [1.807, 2.05) is 38.1 Å². The number of halogens is 1. The van der Waals surface area contributed by atoms with Crippen LogP contribution in [-0.4, -0.2) is 11.8 Å². The van der Waals surface area contributed by atoms with E-state index < -0.39 is 0 Å². The zero-order valence-electron chi connectivity index (χ0n) is 13.8. The summed E-state index contributed by atoms with van der Waals surface area (Å²) < 4.78 is 0. The molecular weight excluding hydrogens is 324 g/mol. The molecule has 2 rings (SSSR count). The second kappa shape index (κ2) is 8.50. The molecular formula is C19H21ClN2O2. The smallest absolute Gasteiger partial charge is 0.226 e. The topological polar surface area (TPSA) is 58.2 Å². The molecule has 2 aromatic carbocycles.